The number of pyridine rings is 1. The summed E-state index contributed by atoms with van der Waals surface area (Å²) in [6.07, 6.45) is 3.55. The molecule has 1 amide bonds. The topological polar surface area (TPSA) is 121 Å². The van der Waals surface area contributed by atoms with E-state index in [4.69, 9.17) is 0 Å². The van der Waals surface area contributed by atoms with E-state index in [2.05, 4.69) is 15.8 Å². The van der Waals surface area contributed by atoms with Gasteiger partial charge in [0.1, 0.15) is 5.82 Å². The maximum Gasteiger partial charge on any atom is 0.265 e. The van der Waals surface area contributed by atoms with Crippen molar-refractivity contribution in [3.05, 3.63) is 154 Å². The molecule has 1 aliphatic rings. The van der Waals surface area contributed by atoms with Gasteiger partial charge in [-0.25, -0.2) is 17.4 Å². The number of fused-ring (bicyclic) bond motifs is 2. The Balaban J connectivity index is 1.18. The summed E-state index contributed by atoms with van der Waals surface area (Å²) in [6, 6.07) is 32.7. The predicted octanol–water partition coefficient (Wildman–Crippen LogP) is 6.91. The molecule has 0 saturated heterocycles. The fourth-order valence-electron chi connectivity index (χ4n) is 6.17. The molecule has 2 heterocycles. The van der Waals surface area contributed by atoms with Crippen LogP contribution in [0.3, 0.4) is 0 Å². The molecule has 0 radical (unpaired) electrons. The Morgan fingerprint density at radius 1 is 0.880 bits per heavy atom. The highest BCUT2D eigenvalue weighted by Gasteiger charge is 2.23. The second-order valence-corrected chi connectivity index (χ2v) is 13.6. The van der Waals surface area contributed by atoms with Crippen molar-refractivity contribution in [1.29, 1.82) is 0 Å². The summed E-state index contributed by atoms with van der Waals surface area (Å²) in [7, 11) is -4.26. The molecule has 1 aromatic heterocycles. The third kappa shape index (κ3) is 6.38. The molecule has 7 rings (SSSR count). The molecule has 1 aliphatic heterocycles. The third-order valence-electron chi connectivity index (χ3n) is 8.65. The van der Waals surface area contributed by atoms with E-state index in [0.717, 1.165) is 34.7 Å². The molecular weight excluding hydrogens is 656 g/mol. The van der Waals surface area contributed by atoms with Crippen molar-refractivity contribution >= 4 is 50.0 Å². The van der Waals surface area contributed by atoms with Gasteiger partial charge in [-0.05, 0) is 78.6 Å². The lowest BCUT2D eigenvalue weighted by Crippen LogP contribution is -2.36. The molecule has 6 aromatic rings. The SMILES string of the molecule is O=C(Cc1ccc(N=Cc2c(O)n(-c3cccc(S(=O)(=O)Nc4ccccc4F)c3)c(=O)c3ccccc23)cc1)N1CCCc2ccccc21. The first kappa shape index (κ1) is 32.5. The lowest BCUT2D eigenvalue weighted by molar-refractivity contribution is -0.118. The Kier molecular flexibility index (Phi) is 8.73. The van der Waals surface area contributed by atoms with Gasteiger partial charge in [-0.2, -0.15) is 0 Å². The minimum atomic E-state index is -4.26. The minimum Gasteiger partial charge on any atom is -0.494 e. The molecule has 9 nitrogen and oxygen atoms in total. The molecule has 11 heteroatoms. The number of para-hydroxylation sites is 2. The second-order valence-electron chi connectivity index (χ2n) is 11.9. The first-order valence-corrected chi connectivity index (χ1v) is 17.4. The largest absolute Gasteiger partial charge is 0.494 e. The second kappa shape index (κ2) is 13.4. The molecule has 0 fully saturated rings. The first-order chi connectivity index (χ1) is 24.2. The van der Waals surface area contributed by atoms with Crippen molar-refractivity contribution in [2.45, 2.75) is 24.2 Å². The summed E-state index contributed by atoms with van der Waals surface area (Å²) >= 11 is 0. The lowest BCUT2D eigenvalue weighted by Gasteiger charge is -2.29. The van der Waals surface area contributed by atoms with Gasteiger partial charge in [0, 0.05) is 29.2 Å². The zero-order chi connectivity index (χ0) is 34.8. The van der Waals surface area contributed by atoms with Crippen LogP contribution in [-0.4, -0.2) is 36.8 Å². The van der Waals surface area contributed by atoms with Crippen molar-refractivity contribution in [3.63, 3.8) is 0 Å². The van der Waals surface area contributed by atoms with E-state index in [9.17, 15) is 27.5 Å². The highest BCUT2D eigenvalue weighted by molar-refractivity contribution is 7.92. The van der Waals surface area contributed by atoms with Gasteiger partial charge in [0.15, 0.2) is 0 Å². The maximum absolute atomic E-state index is 14.2. The normalized spacial score (nSPS) is 13.0. The molecule has 0 aliphatic carbocycles. The molecule has 2 N–H and O–H groups in total. The lowest BCUT2D eigenvalue weighted by atomic mass is 10.0. The molecule has 50 heavy (non-hydrogen) atoms. The van der Waals surface area contributed by atoms with Gasteiger partial charge in [-0.15, -0.1) is 0 Å². The number of rotatable bonds is 8. The Labute approximate surface area is 287 Å². The number of aromatic nitrogens is 1. The van der Waals surface area contributed by atoms with E-state index in [1.54, 1.807) is 36.4 Å². The summed E-state index contributed by atoms with van der Waals surface area (Å²) in [5.41, 5.74) is 3.04. The average Bonchev–Trinajstić information content (AvgIpc) is 3.13. The molecule has 0 unspecified atom stereocenters. The monoisotopic (exact) mass is 686 g/mol. The first-order valence-electron chi connectivity index (χ1n) is 16.0. The highest BCUT2D eigenvalue weighted by atomic mass is 32.2. The van der Waals surface area contributed by atoms with Crippen LogP contribution in [0.25, 0.3) is 16.5 Å². The van der Waals surface area contributed by atoms with Gasteiger partial charge in [-0.3, -0.25) is 19.3 Å². The molecule has 250 valence electrons. The Hall–Kier alpha value is -6.07. The van der Waals surface area contributed by atoms with Crippen molar-refractivity contribution in [2.24, 2.45) is 4.99 Å². The fraction of sp³-hybridized carbons (Fsp3) is 0.103. The number of hydrogen-bond donors (Lipinski definition) is 2. The molecule has 0 spiro atoms. The van der Waals surface area contributed by atoms with Crippen LogP contribution >= 0.6 is 0 Å². The van der Waals surface area contributed by atoms with E-state index in [0.29, 0.717) is 17.6 Å². The number of nitrogens with zero attached hydrogens (tertiary/aromatic N) is 3. The van der Waals surface area contributed by atoms with Crippen molar-refractivity contribution in [1.82, 2.24) is 4.57 Å². The summed E-state index contributed by atoms with van der Waals surface area (Å²) in [4.78, 5) is 33.1. The number of carbonyl (C=O) groups is 1. The van der Waals surface area contributed by atoms with E-state index >= 15 is 0 Å². The number of anilines is 2. The number of carbonyl (C=O) groups excluding carboxylic acids is 1. The Bertz CT molecular complexity index is 2460. The molecule has 5 aromatic carbocycles. The molecule has 0 atom stereocenters. The molecular formula is C39H31FN4O5S. The zero-order valence-corrected chi connectivity index (χ0v) is 27.5. The number of amides is 1. The Morgan fingerprint density at radius 3 is 2.40 bits per heavy atom. The summed E-state index contributed by atoms with van der Waals surface area (Å²) in [5.74, 6) is -1.17. The number of hydrogen-bond acceptors (Lipinski definition) is 6. The van der Waals surface area contributed by atoms with Crippen molar-refractivity contribution < 1.29 is 22.7 Å². The van der Waals surface area contributed by atoms with Crippen molar-refractivity contribution in [3.8, 4) is 11.6 Å². The number of halogens is 1. The van der Waals surface area contributed by atoms with Crippen LogP contribution in [0.1, 0.15) is 23.1 Å². The number of aliphatic imine (C=N–C) groups is 1. The summed E-state index contributed by atoms with van der Waals surface area (Å²) < 4.78 is 43.8. The summed E-state index contributed by atoms with van der Waals surface area (Å²) in [6.45, 7) is 0.683. The number of aromatic hydroxyl groups is 1. The maximum atomic E-state index is 14.2. The van der Waals surface area contributed by atoms with Crippen LogP contribution < -0.4 is 15.2 Å². The highest BCUT2D eigenvalue weighted by Crippen LogP contribution is 2.30. The van der Waals surface area contributed by atoms with E-state index in [1.807, 2.05) is 35.2 Å². The van der Waals surface area contributed by atoms with E-state index < -0.39 is 27.3 Å². The predicted molar refractivity (Wildman–Crippen MR) is 193 cm³/mol. The number of sulfonamides is 1. The van der Waals surface area contributed by atoms with Crippen LogP contribution in [0.15, 0.2) is 136 Å². The standard InChI is InChI=1S/C39H31FN4O5S/c40-34-15-4-5-16-35(34)42-50(48,49)30-12-7-11-29(24-30)44-38(46)32-14-3-2-13-31(32)33(39(44)47)25-41-28-20-18-26(19-21-28)23-37(45)43-22-8-10-27-9-1-6-17-36(27)43/h1-7,9,11-21,24-25,42,47H,8,10,22-23H2. The third-order valence-corrected chi connectivity index (χ3v) is 10.0. The quantitative estimate of drug-likeness (QED) is 0.169. The van der Waals surface area contributed by atoms with Gasteiger partial charge in [-0.1, -0.05) is 66.7 Å². The van der Waals surface area contributed by atoms with E-state index in [-0.39, 0.29) is 39.5 Å². The van der Waals surface area contributed by atoms with Crippen LogP contribution in [-0.2, 0) is 27.7 Å². The van der Waals surface area contributed by atoms with Crippen molar-refractivity contribution in [2.75, 3.05) is 16.2 Å². The van der Waals surface area contributed by atoms with Gasteiger partial charge in [0.05, 0.1) is 33.9 Å². The average molecular weight is 687 g/mol. The van der Waals surface area contributed by atoms with Gasteiger partial charge < -0.3 is 10.0 Å². The van der Waals surface area contributed by atoms with Crippen LogP contribution in [0.2, 0.25) is 0 Å². The van der Waals surface area contributed by atoms with Gasteiger partial charge in [0.25, 0.3) is 15.6 Å². The number of benzene rings is 5. The molecule has 0 saturated carbocycles. The molecule has 0 bridgehead atoms. The smallest absolute Gasteiger partial charge is 0.265 e. The minimum absolute atomic E-state index is 0.0203. The van der Waals surface area contributed by atoms with Crippen LogP contribution in [0, 0.1) is 5.82 Å². The van der Waals surface area contributed by atoms with E-state index in [1.165, 1.54) is 54.2 Å². The van der Waals surface area contributed by atoms with Crippen LogP contribution in [0.4, 0.5) is 21.5 Å². The van der Waals surface area contributed by atoms with Gasteiger partial charge >= 0.3 is 0 Å². The fourth-order valence-corrected chi connectivity index (χ4v) is 7.27. The Morgan fingerprint density at radius 2 is 1.60 bits per heavy atom. The number of aryl methyl sites for hydroxylation is 1. The summed E-state index contributed by atoms with van der Waals surface area (Å²) in [5, 5.41) is 12.2. The zero-order valence-electron chi connectivity index (χ0n) is 26.7. The van der Waals surface area contributed by atoms with Crippen LogP contribution in [0.5, 0.6) is 5.88 Å². The number of nitrogens with one attached hydrogen (secondary N) is 1. The van der Waals surface area contributed by atoms with Gasteiger partial charge in [0.2, 0.25) is 11.8 Å².